The Labute approximate surface area is 68.5 Å². The van der Waals surface area contributed by atoms with Gasteiger partial charge >= 0.3 is 0 Å². The number of hydrogen-bond acceptors (Lipinski definition) is 1. The molecule has 0 fully saturated rings. The van der Waals surface area contributed by atoms with Crippen LogP contribution in [0.4, 0.5) is 0 Å². The summed E-state index contributed by atoms with van der Waals surface area (Å²) >= 11 is 0. The molecule has 1 aliphatic carbocycles. The molecule has 11 heavy (non-hydrogen) atoms. The van der Waals surface area contributed by atoms with Gasteiger partial charge < -0.3 is 4.79 Å². The van der Waals surface area contributed by atoms with Crippen LogP contribution in [-0.2, 0) is 4.79 Å². The third-order valence-corrected chi connectivity index (χ3v) is 2.76. The molecule has 1 aliphatic rings. The second-order valence-corrected chi connectivity index (χ2v) is 3.99. The molecule has 0 saturated carbocycles. The Morgan fingerprint density at radius 3 is 2.55 bits per heavy atom. The van der Waals surface area contributed by atoms with Crippen LogP contribution in [0.15, 0.2) is 11.1 Å². The van der Waals surface area contributed by atoms with E-state index in [-0.39, 0.29) is 0 Å². The third-order valence-electron chi connectivity index (χ3n) is 2.76. The number of rotatable bonds is 3. The van der Waals surface area contributed by atoms with Crippen molar-refractivity contribution in [2.24, 2.45) is 5.41 Å². The van der Waals surface area contributed by atoms with Gasteiger partial charge in [-0.15, -0.1) is 0 Å². The lowest BCUT2D eigenvalue weighted by atomic mass is 9.66. The quantitative estimate of drug-likeness (QED) is 0.449. The van der Waals surface area contributed by atoms with Crippen molar-refractivity contribution in [1.29, 1.82) is 0 Å². The van der Waals surface area contributed by atoms with Crippen LogP contribution in [0.25, 0.3) is 0 Å². The Morgan fingerprint density at radius 1 is 1.55 bits per heavy atom. The van der Waals surface area contributed by atoms with Gasteiger partial charge in [0, 0.05) is 6.42 Å². The Kier molecular flexibility index (Phi) is 2.17. The van der Waals surface area contributed by atoms with Crippen LogP contribution in [0.5, 0.6) is 0 Å². The molecule has 0 unspecified atom stereocenters. The first-order valence-electron chi connectivity index (χ1n) is 4.20. The van der Waals surface area contributed by atoms with E-state index in [9.17, 15) is 4.79 Å². The van der Waals surface area contributed by atoms with E-state index in [1.165, 1.54) is 17.6 Å². The molecule has 0 saturated heterocycles. The normalized spacial score (nSPS) is 21.4. The summed E-state index contributed by atoms with van der Waals surface area (Å²) in [5.74, 6) is 0. The van der Waals surface area contributed by atoms with E-state index in [0.29, 0.717) is 11.8 Å². The van der Waals surface area contributed by atoms with Gasteiger partial charge in [0.2, 0.25) is 0 Å². The van der Waals surface area contributed by atoms with E-state index in [2.05, 4.69) is 20.8 Å². The maximum Gasteiger partial charge on any atom is 0.120 e. The van der Waals surface area contributed by atoms with Crippen molar-refractivity contribution in [3.8, 4) is 0 Å². The standard InChI is InChI=1S/C10H16O/c1-8-9(5-4-6-11)7-10(8,2)3/h6H,4-5,7H2,1-3H3. The van der Waals surface area contributed by atoms with Gasteiger partial charge in [-0.2, -0.15) is 0 Å². The maximum absolute atomic E-state index is 10.1. The number of aldehydes is 1. The summed E-state index contributed by atoms with van der Waals surface area (Å²) in [6, 6.07) is 0. The summed E-state index contributed by atoms with van der Waals surface area (Å²) in [6.07, 6.45) is 3.87. The van der Waals surface area contributed by atoms with Crippen molar-refractivity contribution in [3.05, 3.63) is 11.1 Å². The predicted octanol–water partition coefficient (Wildman–Crippen LogP) is 2.71. The van der Waals surface area contributed by atoms with Crippen LogP contribution in [0.2, 0.25) is 0 Å². The minimum absolute atomic E-state index is 0.415. The second-order valence-electron chi connectivity index (χ2n) is 3.99. The molecule has 0 aromatic heterocycles. The van der Waals surface area contributed by atoms with Crippen molar-refractivity contribution >= 4 is 6.29 Å². The van der Waals surface area contributed by atoms with Crippen molar-refractivity contribution < 1.29 is 4.79 Å². The first-order valence-corrected chi connectivity index (χ1v) is 4.20. The molecule has 0 aromatic rings. The topological polar surface area (TPSA) is 17.1 Å². The smallest absolute Gasteiger partial charge is 0.120 e. The highest BCUT2D eigenvalue weighted by Gasteiger charge is 2.32. The minimum Gasteiger partial charge on any atom is -0.303 e. The summed E-state index contributed by atoms with van der Waals surface area (Å²) < 4.78 is 0. The van der Waals surface area contributed by atoms with E-state index in [4.69, 9.17) is 0 Å². The van der Waals surface area contributed by atoms with Crippen LogP contribution in [-0.4, -0.2) is 6.29 Å². The molecule has 0 heterocycles. The molecule has 0 aliphatic heterocycles. The summed E-state index contributed by atoms with van der Waals surface area (Å²) in [5.41, 5.74) is 3.42. The molecule has 0 amide bonds. The van der Waals surface area contributed by atoms with Crippen LogP contribution >= 0.6 is 0 Å². The third kappa shape index (κ3) is 1.52. The van der Waals surface area contributed by atoms with Crippen LogP contribution in [0, 0.1) is 5.41 Å². The van der Waals surface area contributed by atoms with E-state index in [0.717, 1.165) is 12.7 Å². The lowest BCUT2D eigenvalue weighted by Crippen LogP contribution is -2.25. The number of carbonyl (C=O) groups is 1. The fraction of sp³-hybridized carbons (Fsp3) is 0.700. The highest BCUT2D eigenvalue weighted by molar-refractivity contribution is 5.50. The van der Waals surface area contributed by atoms with Gasteiger partial charge in [-0.05, 0) is 25.2 Å². The Hall–Kier alpha value is -0.590. The molecule has 1 rings (SSSR count). The molecular weight excluding hydrogens is 136 g/mol. The van der Waals surface area contributed by atoms with Gasteiger partial charge in [-0.1, -0.05) is 25.0 Å². The minimum atomic E-state index is 0.415. The maximum atomic E-state index is 10.1. The number of allylic oxidation sites excluding steroid dienone is 2. The van der Waals surface area contributed by atoms with E-state index in [1.807, 2.05) is 0 Å². The highest BCUT2D eigenvalue weighted by Crippen LogP contribution is 2.46. The molecule has 0 aromatic carbocycles. The van der Waals surface area contributed by atoms with E-state index >= 15 is 0 Å². The molecule has 62 valence electrons. The molecule has 0 atom stereocenters. The van der Waals surface area contributed by atoms with E-state index < -0.39 is 0 Å². The molecule has 0 spiro atoms. The lowest BCUT2D eigenvalue weighted by molar-refractivity contribution is -0.107. The van der Waals surface area contributed by atoms with Gasteiger partial charge in [0.05, 0.1) is 0 Å². The zero-order valence-electron chi connectivity index (χ0n) is 7.61. The average molecular weight is 152 g/mol. The molecule has 1 heteroatoms. The number of hydrogen-bond donors (Lipinski definition) is 0. The summed E-state index contributed by atoms with van der Waals surface area (Å²) in [5, 5.41) is 0. The summed E-state index contributed by atoms with van der Waals surface area (Å²) in [7, 11) is 0. The number of carbonyl (C=O) groups excluding carboxylic acids is 1. The monoisotopic (exact) mass is 152 g/mol. The van der Waals surface area contributed by atoms with Gasteiger partial charge in [0.25, 0.3) is 0 Å². The average Bonchev–Trinajstić information content (AvgIpc) is 1.97. The fourth-order valence-corrected chi connectivity index (χ4v) is 1.68. The van der Waals surface area contributed by atoms with Gasteiger partial charge in [0.15, 0.2) is 0 Å². The molecule has 1 nitrogen and oxygen atoms in total. The molecular formula is C10H16O. The van der Waals surface area contributed by atoms with Crippen molar-refractivity contribution in [1.82, 2.24) is 0 Å². The van der Waals surface area contributed by atoms with Crippen LogP contribution in [0.1, 0.15) is 40.0 Å². The van der Waals surface area contributed by atoms with Gasteiger partial charge in [-0.3, -0.25) is 0 Å². The lowest BCUT2D eigenvalue weighted by Gasteiger charge is -2.39. The van der Waals surface area contributed by atoms with Crippen molar-refractivity contribution in [2.75, 3.05) is 0 Å². The Morgan fingerprint density at radius 2 is 2.18 bits per heavy atom. The Balaban J connectivity index is 2.51. The Bertz CT molecular complexity index is 199. The fourth-order valence-electron chi connectivity index (χ4n) is 1.68. The first kappa shape index (κ1) is 8.51. The molecule has 0 N–H and O–H groups in total. The highest BCUT2D eigenvalue weighted by atomic mass is 16.1. The zero-order valence-corrected chi connectivity index (χ0v) is 7.61. The van der Waals surface area contributed by atoms with Crippen LogP contribution < -0.4 is 0 Å². The van der Waals surface area contributed by atoms with Crippen molar-refractivity contribution in [3.63, 3.8) is 0 Å². The molecule has 0 radical (unpaired) electrons. The summed E-state index contributed by atoms with van der Waals surface area (Å²) in [4.78, 5) is 10.1. The summed E-state index contributed by atoms with van der Waals surface area (Å²) in [6.45, 7) is 6.70. The molecule has 0 bridgehead atoms. The SMILES string of the molecule is CC1=C(CCC=O)CC1(C)C. The van der Waals surface area contributed by atoms with Crippen molar-refractivity contribution in [2.45, 2.75) is 40.0 Å². The van der Waals surface area contributed by atoms with E-state index in [1.54, 1.807) is 0 Å². The van der Waals surface area contributed by atoms with Gasteiger partial charge in [0.1, 0.15) is 6.29 Å². The second kappa shape index (κ2) is 2.80. The van der Waals surface area contributed by atoms with Crippen LogP contribution in [0.3, 0.4) is 0 Å². The zero-order chi connectivity index (χ0) is 8.48. The van der Waals surface area contributed by atoms with Gasteiger partial charge in [-0.25, -0.2) is 0 Å². The largest absolute Gasteiger partial charge is 0.303 e. The predicted molar refractivity (Wildman–Crippen MR) is 46.4 cm³/mol. The first-order chi connectivity index (χ1) is 5.08.